The average molecular weight is 278 g/mol. The van der Waals surface area contributed by atoms with E-state index in [4.69, 9.17) is 14.2 Å². The van der Waals surface area contributed by atoms with Crippen LogP contribution in [0.2, 0.25) is 0 Å². The number of rotatable bonds is 7. The normalized spacial score (nSPS) is 11.9. The Morgan fingerprint density at radius 2 is 1.80 bits per heavy atom. The zero-order valence-electron chi connectivity index (χ0n) is 11.5. The van der Waals surface area contributed by atoms with Crippen molar-refractivity contribution < 1.29 is 19.3 Å². The minimum Gasteiger partial charge on any atom is -0.496 e. The molecule has 1 heterocycles. The third-order valence-electron chi connectivity index (χ3n) is 2.75. The Bertz CT molecular complexity index is 506. The van der Waals surface area contributed by atoms with Gasteiger partial charge in [0.1, 0.15) is 30.0 Å². The van der Waals surface area contributed by atoms with E-state index < -0.39 is 6.10 Å². The molecule has 2 rings (SSSR count). The summed E-state index contributed by atoms with van der Waals surface area (Å²) in [6, 6.07) is 5.24. The van der Waals surface area contributed by atoms with Crippen LogP contribution in [0.5, 0.6) is 17.2 Å². The van der Waals surface area contributed by atoms with Crippen LogP contribution in [-0.2, 0) is 6.54 Å². The van der Waals surface area contributed by atoms with Crippen LogP contribution in [0, 0.1) is 0 Å². The molecule has 1 aromatic heterocycles. The van der Waals surface area contributed by atoms with E-state index in [1.807, 2.05) is 0 Å². The first-order valence-corrected chi connectivity index (χ1v) is 6.21. The first-order chi connectivity index (χ1) is 9.71. The van der Waals surface area contributed by atoms with Gasteiger partial charge in [-0.05, 0) is 0 Å². The van der Waals surface area contributed by atoms with E-state index >= 15 is 0 Å². The van der Waals surface area contributed by atoms with E-state index in [9.17, 15) is 5.11 Å². The predicted octanol–water partition coefficient (Wildman–Crippen LogP) is 1.34. The van der Waals surface area contributed by atoms with Gasteiger partial charge in [0.2, 0.25) is 0 Å². The predicted molar refractivity (Wildman–Crippen MR) is 73.3 cm³/mol. The summed E-state index contributed by atoms with van der Waals surface area (Å²) < 4.78 is 17.7. The lowest BCUT2D eigenvalue weighted by Gasteiger charge is -2.14. The third kappa shape index (κ3) is 3.89. The largest absolute Gasteiger partial charge is 0.496 e. The van der Waals surface area contributed by atoms with E-state index in [1.54, 1.807) is 55.7 Å². The van der Waals surface area contributed by atoms with Crippen LogP contribution in [0.1, 0.15) is 0 Å². The van der Waals surface area contributed by atoms with E-state index in [1.165, 1.54) is 0 Å². The molecule has 0 fully saturated rings. The molecular formula is C14H18N2O4. The quantitative estimate of drug-likeness (QED) is 0.828. The van der Waals surface area contributed by atoms with Crippen molar-refractivity contribution in [2.75, 3.05) is 20.8 Å². The molecule has 0 bridgehead atoms. The SMILES string of the molecule is COc1cc(OC)cc(OC[C@@H](O)Cn2ccnc2)c1. The zero-order chi connectivity index (χ0) is 14.4. The summed E-state index contributed by atoms with van der Waals surface area (Å²) in [4.78, 5) is 3.92. The highest BCUT2D eigenvalue weighted by molar-refractivity contribution is 5.41. The number of hydrogen-bond acceptors (Lipinski definition) is 5. The molecule has 0 amide bonds. The van der Waals surface area contributed by atoms with E-state index in [2.05, 4.69) is 4.98 Å². The molecular weight excluding hydrogens is 260 g/mol. The first kappa shape index (κ1) is 14.2. The number of benzene rings is 1. The molecule has 0 aliphatic carbocycles. The third-order valence-corrected chi connectivity index (χ3v) is 2.75. The van der Waals surface area contributed by atoms with Crippen LogP contribution in [0.25, 0.3) is 0 Å². The lowest BCUT2D eigenvalue weighted by atomic mass is 10.3. The van der Waals surface area contributed by atoms with Gasteiger partial charge in [-0.2, -0.15) is 0 Å². The van der Waals surface area contributed by atoms with Crippen molar-refractivity contribution in [2.24, 2.45) is 0 Å². The van der Waals surface area contributed by atoms with Crippen molar-refractivity contribution in [2.45, 2.75) is 12.6 Å². The first-order valence-electron chi connectivity index (χ1n) is 6.21. The van der Waals surface area contributed by atoms with Gasteiger partial charge in [-0.25, -0.2) is 4.98 Å². The molecule has 1 atom stereocenters. The standard InChI is InChI=1S/C14H18N2O4/c1-18-12-5-13(19-2)7-14(6-12)20-9-11(17)8-16-4-3-15-10-16/h3-7,10-11,17H,8-9H2,1-2H3/t11-/m0/s1. The summed E-state index contributed by atoms with van der Waals surface area (Å²) in [5.41, 5.74) is 0. The summed E-state index contributed by atoms with van der Waals surface area (Å²) >= 11 is 0. The number of methoxy groups -OCH3 is 2. The van der Waals surface area contributed by atoms with Gasteiger partial charge in [-0.3, -0.25) is 0 Å². The highest BCUT2D eigenvalue weighted by atomic mass is 16.5. The Hall–Kier alpha value is -2.21. The average Bonchev–Trinajstić information content (AvgIpc) is 2.97. The minimum absolute atomic E-state index is 0.175. The number of aromatic nitrogens is 2. The second-order valence-electron chi connectivity index (χ2n) is 4.27. The summed E-state index contributed by atoms with van der Waals surface area (Å²) in [5.74, 6) is 1.87. The minimum atomic E-state index is -0.624. The maximum absolute atomic E-state index is 9.90. The zero-order valence-corrected chi connectivity index (χ0v) is 11.5. The fraction of sp³-hybridized carbons (Fsp3) is 0.357. The van der Waals surface area contributed by atoms with Crippen molar-refractivity contribution in [1.82, 2.24) is 9.55 Å². The molecule has 0 saturated heterocycles. The maximum Gasteiger partial charge on any atom is 0.126 e. The summed E-state index contributed by atoms with van der Waals surface area (Å²) in [5, 5.41) is 9.90. The van der Waals surface area contributed by atoms with E-state index in [0.29, 0.717) is 23.8 Å². The smallest absolute Gasteiger partial charge is 0.126 e. The Balaban J connectivity index is 1.92. The van der Waals surface area contributed by atoms with Gasteiger partial charge in [0.15, 0.2) is 0 Å². The van der Waals surface area contributed by atoms with Gasteiger partial charge in [-0.1, -0.05) is 0 Å². The maximum atomic E-state index is 9.90. The number of imidazole rings is 1. The van der Waals surface area contributed by atoms with Crippen molar-refractivity contribution in [3.8, 4) is 17.2 Å². The van der Waals surface area contributed by atoms with Gasteiger partial charge >= 0.3 is 0 Å². The van der Waals surface area contributed by atoms with Gasteiger partial charge in [0.25, 0.3) is 0 Å². The monoisotopic (exact) mass is 278 g/mol. The van der Waals surface area contributed by atoms with Crippen molar-refractivity contribution in [3.05, 3.63) is 36.9 Å². The van der Waals surface area contributed by atoms with Crippen LogP contribution < -0.4 is 14.2 Å². The second kappa shape index (κ2) is 6.81. The van der Waals surface area contributed by atoms with Crippen molar-refractivity contribution in [3.63, 3.8) is 0 Å². The highest BCUT2D eigenvalue weighted by Gasteiger charge is 2.08. The molecule has 0 aliphatic heterocycles. The Morgan fingerprint density at radius 1 is 1.15 bits per heavy atom. The summed E-state index contributed by atoms with van der Waals surface area (Å²) in [7, 11) is 3.15. The van der Waals surface area contributed by atoms with Crippen LogP contribution >= 0.6 is 0 Å². The van der Waals surface area contributed by atoms with Crippen LogP contribution in [-0.4, -0.2) is 41.6 Å². The van der Waals surface area contributed by atoms with Crippen molar-refractivity contribution in [1.29, 1.82) is 0 Å². The molecule has 6 nitrogen and oxygen atoms in total. The molecule has 0 spiro atoms. The van der Waals surface area contributed by atoms with Gasteiger partial charge in [0, 0.05) is 30.6 Å². The van der Waals surface area contributed by atoms with Crippen LogP contribution in [0.4, 0.5) is 0 Å². The fourth-order valence-electron chi connectivity index (χ4n) is 1.75. The Kier molecular flexibility index (Phi) is 4.84. The number of ether oxygens (including phenoxy) is 3. The summed E-state index contributed by atoms with van der Waals surface area (Å²) in [6.45, 7) is 0.607. The molecule has 6 heteroatoms. The molecule has 2 aromatic rings. The topological polar surface area (TPSA) is 65.7 Å². The molecule has 0 radical (unpaired) electrons. The van der Waals surface area contributed by atoms with Crippen LogP contribution in [0.3, 0.4) is 0 Å². The van der Waals surface area contributed by atoms with Gasteiger partial charge < -0.3 is 23.9 Å². The summed E-state index contributed by atoms with van der Waals surface area (Å²) in [6.07, 6.45) is 4.48. The van der Waals surface area contributed by atoms with Gasteiger partial charge in [-0.15, -0.1) is 0 Å². The molecule has 0 aliphatic rings. The Morgan fingerprint density at radius 3 is 2.35 bits per heavy atom. The van der Waals surface area contributed by atoms with Gasteiger partial charge in [0.05, 0.1) is 27.1 Å². The molecule has 1 N–H and O–H groups in total. The number of aliphatic hydroxyl groups excluding tert-OH is 1. The second-order valence-corrected chi connectivity index (χ2v) is 4.27. The number of aliphatic hydroxyl groups is 1. The molecule has 1 aromatic carbocycles. The molecule has 20 heavy (non-hydrogen) atoms. The lowest BCUT2D eigenvalue weighted by molar-refractivity contribution is 0.0922. The highest BCUT2D eigenvalue weighted by Crippen LogP contribution is 2.27. The number of hydrogen-bond donors (Lipinski definition) is 1. The van der Waals surface area contributed by atoms with Crippen LogP contribution in [0.15, 0.2) is 36.9 Å². The molecule has 108 valence electrons. The van der Waals surface area contributed by atoms with Crippen molar-refractivity contribution >= 4 is 0 Å². The molecule has 0 unspecified atom stereocenters. The number of nitrogens with zero attached hydrogens (tertiary/aromatic N) is 2. The lowest BCUT2D eigenvalue weighted by Crippen LogP contribution is -2.23. The fourth-order valence-corrected chi connectivity index (χ4v) is 1.75. The van der Waals surface area contributed by atoms with E-state index in [-0.39, 0.29) is 6.61 Å². The van der Waals surface area contributed by atoms with E-state index in [0.717, 1.165) is 0 Å². The molecule has 0 saturated carbocycles. The Labute approximate surface area is 117 Å².